The van der Waals surface area contributed by atoms with Crippen LogP contribution in [0.1, 0.15) is 18.4 Å². The molecule has 1 heterocycles. The molecule has 2 rings (SSSR count). The molecule has 2 N–H and O–H groups in total. The predicted octanol–water partition coefficient (Wildman–Crippen LogP) is 1.51. The van der Waals surface area contributed by atoms with Crippen LogP contribution in [0.4, 0.5) is 5.69 Å². The summed E-state index contributed by atoms with van der Waals surface area (Å²) in [7, 11) is 0. The number of nitro groups is 1. The molecule has 7 heteroatoms. The Morgan fingerprint density at radius 2 is 1.95 bits per heavy atom. The zero-order chi connectivity index (χ0) is 13.8. The quantitative estimate of drug-likeness (QED) is 0.676. The van der Waals surface area contributed by atoms with Gasteiger partial charge in [-0.25, -0.2) is 0 Å². The van der Waals surface area contributed by atoms with Crippen molar-refractivity contribution in [2.24, 2.45) is 5.73 Å². The van der Waals surface area contributed by atoms with Crippen molar-refractivity contribution in [3.05, 3.63) is 39.9 Å². The number of hydrogen-bond donors (Lipinski definition) is 1. The van der Waals surface area contributed by atoms with E-state index in [1.54, 1.807) is 23.1 Å². The number of halogens is 1. The Balaban J connectivity index is 0.00000200. The van der Waals surface area contributed by atoms with E-state index >= 15 is 0 Å². The van der Waals surface area contributed by atoms with Crippen LogP contribution in [0.15, 0.2) is 24.3 Å². The fraction of sp³-hybridized carbons (Fsp3) is 0.462. The second kappa shape index (κ2) is 7.21. The summed E-state index contributed by atoms with van der Waals surface area (Å²) in [6.45, 7) is 1.28. The van der Waals surface area contributed by atoms with Crippen LogP contribution in [0.5, 0.6) is 0 Å². The lowest BCUT2D eigenvalue weighted by atomic mass is 10.0. The number of nitrogens with two attached hydrogens (primary N) is 1. The molecule has 1 saturated heterocycles. The van der Waals surface area contributed by atoms with Gasteiger partial charge in [-0.05, 0) is 12.8 Å². The second-order valence-electron chi connectivity index (χ2n) is 4.78. The van der Waals surface area contributed by atoms with E-state index in [2.05, 4.69) is 0 Å². The smallest absolute Gasteiger partial charge is 0.273 e. The molecule has 6 nitrogen and oxygen atoms in total. The highest BCUT2D eigenvalue weighted by Gasteiger charge is 2.23. The third-order valence-electron chi connectivity index (χ3n) is 3.42. The normalized spacial score (nSPS) is 15.6. The fourth-order valence-electron chi connectivity index (χ4n) is 2.26. The van der Waals surface area contributed by atoms with Gasteiger partial charge in [0.2, 0.25) is 5.91 Å². The van der Waals surface area contributed by atoms with E-state index in [-0.39, 0.29) is 36.5 Å². The van der Waals surface area contributed by atoms with Gasteiger partial charge in [-0.3, -0.25) is 14.9 Å². The Labute approximate surface area is 123 Å². The molecule has 20 heavy (non-hydrogen) atoms. The molecular formula is C13H18ClN3O3. The number of carbonyl (C=O) groups excluding carboxylic acids is 1. The first-order valence-corrected chi connectivity index (χ1v) is 6.33. The van der Waals surface area contributed by atoms with E-state index in [1.165, 1.54) is 6.07 Å². The molecule has 0 unspecified atom stereocenters. The molecule has 0 bridgehead atoms. The molecule has 0 aromatic heterocycles. The number of amides is 1. The average molecular weight is 300 g/mol. The van der Waals surface area contributed by atoms with Crippen molar-refractivity contribution in [1.82, 2.24) is 4.90 Å². The van der Waals surface area contributed by atoms with Crippen molar-refractivity contribution in [2.75, 3.05) is 13.1 Å². The van der Waals surface area contributed by atoms with Crippen LogP contribution in [0, 0.1) is 10.1 Å². The summed E-state index contributed by atoms with van der Waals surface area (Å²) in [5.41, 5.74) is 6.26. The molecule has 0 spiro atoms. The summed E-state index contributed by atoms with van der Waals surface area (Å²) in [6.07, 6.45) is 1.66. The van der Waals surface area contributed by atoms with Gasteiger partial charge in [-0.15, -0.1) is 12.4 Å². The van der Waals surface area contributed by atoms with Gasteiger partial charge in [0.15, 0.2) is 0 Å². The molecule has 0 aliphatic carbocycles. The summed E-state index contributed by atoms with van der Waals surface area (Å²) >= 11 is 0. The van der Waals surface area contributed by atoms with Crippen LogP contribution in [-0.2, 0) is 11.2 Å². The summed E-state index contributed by atoms with van der Waals surface area (Å²) in [5, 5.41) is 10.9. The van der Waals surface area contributed by atoms with Crippen LogP contribution in [0.3, 0.4) is 0 Å². The van der Waals surface area contributed by atoms with Crippen molar-refractivity contribution >= 4 is 24.0 Å². The Kier molecular flexibility index (Phi) is 5.91. The molecule has 1 aromatic rings. The SMILES string of the molecule is Cl.NC1CCN(C(=O)Cc2ccccc2[N+](=O)[O-])CC1. The zero-order valence-corrected chi connectivity index (χ0v) is 11.8. The Hall–Kier alpha value is -1.66. The first-order chi connectivity index (χ1) is 9.08. The second-order valence-corrected chi connectivity index (χ2v) is 4.78. The third kappa shape index (κ3) is 3.91. The van der Waals surface area contributed by atoms with Crippen LogP contribution < -0.4 is 5.73 Å². The van der Waals surface area contributed by atoms with E-state index in [0.29, 0.717) is 18.7 Å². The number of hydrogen-bond acceptors (Lipinski definition) is 4. The maximum absolute atomic E-state index is 12.1. The Morgan fingerprint density at radius 1 is 1.35 bits per heavy atom. The third-order valence-corrected chi connectivity index (χ3v) is 3.42. The monoisotopic (exact) mass is 299 g/mol. The highest BCUT2D eigenvalue weighted by Crippen LogP contribution is 2.19. The van der Waals surface area contributed by atoms with E-state index in [9.17, 15) is 14.9 Å². The van der Waals surface area contributed by atoms with Gasteiger partial charge in [0.1, 0.15) is 0 Å². The summed E-state index contributed by atoms with van der Waals surface area (Å²) in [6, 6.07) is 6.53. The standard InChI is InChI=1S/C13H17N3O3.ClH/c14-11-5-7-15(8-6-11)13(17)9-10-3-1-2-4-12(10)16(18)19;/h1-4,11H,5-9,14H2;1H. The van der Waals surface area contributed by atoms with E-state index in [1.807, 2.05) is 0 Å². The predicted molar refractivity (Wildman–Crippen MR) is 77.8 cm³/mol. The van der Waals surface area contributed by atoms with Crippen LogP contribution in [0.2, 0.25) is 0 Å². The van der Waals surface area contributed by atoms with Crippen molar-refractivity contribution in [3.63, 3.8) is 0 Å². The molecule has 1 amide bonds. The molecular weight excluding hydrogens is 282 g/mol. The van der Waals surface area contributed by atoms with Crippen molar-refractivity contribution < 1.29 is 9.72 Å². The molecule has 1 aliphatic heterocycles. The Bertz CT molecular complexity index is 488. The van der Waals surface area contributed by atoms with Crippen molar-refractivity contribution in [2.45, 2.75) is 25.3 Å². The van der Waals surface area contributed by atoms with Gasteiger partial charge in [0.25, 0.3) is 5.69 Å². The minimum Gasteiger partial charge on any atom is -0.342 e. The minimum absolute atomic E-state index is 0. The molecule has 0 saturated carbocycles. The highest BCUT2D eigenvalue weighted by molar-refractivity contribution is 5.85. The van der Waals surface area contributed by atoms with Gasteiger partial charge in [0, 0.05) is 30.8 Å². The highest BCUT2D eigenvalue weighted by atomic mass is 35.5. The molecule has 110 valence electrons. The lowest BCUT2D eigenvalue weighted by molar-refractivity contribution is -0.385. The topological polar surface area (TPSA) is 89.5 Å². The van der Waals surface area contributed by atoms with Gasteiger partial charge in [0.05, 0.1) is 11.3 Å². The number of carbonyl (C=O) groups is 1. The van der Waals surface area contributed by atoms with Gasteiger partial charge in [-0.2, -0.15) is 0 Å². The lowest BCUT2D eigenvalue weighted by Gasteiger charge is -2.30. The molecule has 0 radical (unpaired) electrons. The lowest BCUT2D eigenvalue weighted by Crippen LogP contribution is -2.43. The minimum atomic E-state index is -0.450. The first kappa shape index (κ1) is 16.4. The van der Waals surface area contributed by atoms with Crippen LogP contribution in [0.25, 0.3) is 0 Å². The van der Waals surface area contributed by atoms with Crippen LogP contribution in [-0.4, -0.2) is 34.9 Å². The summed E-state index contributed by atoms with van der Waals surface area (Å²) in [4.78, 5) is 24.3. The van der Waals surface area contributed by atoms with E-state index in [0.717, 1.165) is 12.8 Å². The van der Waals surface area contributed by atoms with Gasteiger partial charge >= 0.3 is 0 Å². The Morgan fingerprint density at radius 3 is 2.55 bits per heavy atom. The number of rotatable bonds is 3. The van der Waals surface area contributed by atoms with E-state index < -0.39 is 4.92 Å². The molecule has 0 atom stereocenters. The zero-order valence-electron chi connectivity index (χ0n) is 11.0. The van der Waals surface area contributed by atoms with Gasteiger partial charge < -0.3 is 10.6 Å². The number of likely N-dealkylation sites (tertiary alicyclic amines) is 1. The first-order valence-electron chi connectivity index (χ1n) is 6.33. The van der Waals surface area contributed by atoms with Crippen LogP contribution >= 0.6 is 12.4 Å². The number of para-hydroxylation sites is 1. The number of benzene rings is 1. The molecule has 1 fully saturated rings. The summed E-state index contributed by atoms with van der Waals surface area (Å²) in [5.74, 6) is -0.0683. The fourth-order valence-corrected chi connectivity index (χ4v) is 2.26. The summed E-state index contributed by atoms with van der Waals surface area (Å²) < 4.78 is 0. The number of nitrogens with zero attached hydrogens (tertiary/aromatic N) is 2. The van der Waals surface area contributed by atoms with Crippen molar-refractivity contribution in [3.8, 4) is 0 Å². The largest absolute Gasteiger partial charge is 0.342 e. The van der Waals surface area contributed by atoms with E-state index in [4.69, 9.17) is 5.73 Å². The molecule has 1 aliphatic rings. The number of nitro benzene ring substituents is 1. The maximum Gasteiger partial charge on any atom is 0.273 e. The number of piperidine rings is 1. The van der Waals surface area contributed by atoms with Crippen molar-refractivity contribution in [1.29, 1.82) is 0 Å². The molecule has 1 aromatic carbocycles. The average Bonchev–Trinajstić information content (AvgIpc) is 2.39. The maximum atomic E-state index is 12.1. The van der Waals surface area contributed by atoms with Gasteiger partial charge in [-0.1, -0.05) is 18.2 Å².